The Morgan fingerprint density at radius 2 is 2.21 bits per heavy atom. The third-order valence-corrected chi connectivity index (χ3v) is 2.40. The highest BCUT2D eigenvalue weighted by Gasteiger charge is 2.12. The van der Waals surface area contributed by atoms with Gasteiger partial charge in [-0.15, -0.1) is 0 Å². The Labute approximate surface area is 86.7 Å². The first-order valence-corrected chi connectivity index (χ1v) is 5.38. The topological polar surface area (TPSA) is 63.7 Å². The SMILES string of the molecule is CN1CCCCC1=O.O=PC(=O)OP. The van der Waals surface area contributed by atoms with E-state index >= 15 is 0 Å². The summed E-state index contributed by atoms with van der Waals surface area (Å²) in [6, 6.07) is 0. The number of likely N-dealkylation sites (tertiary alicyclic amines) is 1. The van der Waals surface area contributed by atoms with Crippen molar-refractivity contribution in [1.29, 1.82) is 0 Å². The average Bonchev–Trinajstić information content (AvgIpc) is 2.22. The maximum atomic E-state index is 10.7. The zero-order chi connectivity index (χ0) is 11.0. The Hall–Kier alpha value is -0.530. The van der Waals surface area contributed by atoms with Crippen LogP contribution < -0.4 is 0 Å². The van der Waals surface area contributed by atoms with Crippen LogP contribution in [0.4, 0.5) is 4.79 Å². The molecule has 0 aromatic carbocycles. The summed E-state index contributed by atoms with van der Waals surface area (Å²) in [5.41, 5.74) is -0.778. The van der Waals surface area contributed by atoms with Crippen LogP contribution in [-0.4, -0.2) is 30.1 Å². The number of carbonyl (C=O) groups excluding carboxylic acids is 2. The van der Waals surface area contributed by atoms with Gasteiger partial charge in [-0.1, -0.05) is 0 Å². The molecule has 0 N–H and O–H groups in total. The highest BCUT2D eigenvalue weighted by atomic mass is 31.1. The minimum atomic E-state index is -0.778. The van der Waals surface area contributed by atoms with Crippen LogP contribution in [-0.2, 0) is 13.9 Å². The molecule has 1 atom stereocenters. The van der Waals surface area contributed by atoms with Gasteiger partial charge >= 0.3 is 5.71 Å². The van der Waals surface area contributed by atoms with Gasteiger partial charge in [-0.05, 0) is 12.8 Å². The minimum Gasteiger partial charge on any atom is -0.443 e. The third kappa shape index (κ3) is 6.01. The summed E-state index contributed by atoms with van der Waals surface area (Å²) in [7, 11) is 2.94. The quantitative estimate of drug-likeness (QED) is 0.652. The molecule has 0 saturated carbocycles. The second-order valence-corrected chi connectivity index (χ2v) is 3.53. The molecular weight excluding hydrogens is 224 g/mol. The van der Waals surface area contributed by atoms with Crippen LogP contribution in [0.15, 0.2) is 0 Å². The van der Waals surface area contributed by atoms with Crippen molar-refractivity contribution in [3.63, 3.8) is 0 Å². The maximum absolute atomic E-state index is 10.7. The summed E-state index contributed by atoms with van der Waals surface area (Å²) in [6.07, 6.45) is 3.03. The van der Waals surface area contributed by atoms with E-state index in [2.05, 4.69) is 4.52 Å². The van der Waals surface area contributed by atoms with Crippen LogP contribution in [0, 0.1) is 0 Å². The lowest BCUT2D eigenvalue weighted by molar-refractivity contribution is -0.131. The molecule has 1 rings (SSSR count). The summed E-state index contributed by atoms with van der Waals surface area (Å²) in [5.74, 6) is 0.302. The molecule has 1 amide bonds. The zero-order valence-electron chi connectivity index (χ0n) is 7.93. The predicted molar refractivity (Wildman–Crippen MR) is 55.3 cm³/mol. The van der Waals surface area contributed by atoms with Gasteiger partial charge in [0.1, 0.15) is 0 Å². The lowest BCUT2D eigenvalue weighted by atomic mass is 10.1. The highest BCUT2D eigenvalue weighted by Crippen LogP contribution is 2.06. The number of hydrogen-bond acceptors (Lipinski definition) is 4. The van der Waals surface area contributed by atoms with Gasteiger partial charge in [0.2, 0.25) is 5.91 Å². The normalized spacial score (nSPS) is 15.9. The van der Waals surface area contributed by atoms with Crippen LogP contribution in [0.1, 0.15) is 19.3 Å². The standard InChI is InChI=1S/C6H11NO.CH2O3P2/c1-7-5-3-2-4-6(7)8;2-1(4-5)6-3/h2-5H2,1H3;5H2. The smallest absolute Gasteiger partial charge is 0.400 e. The van der Waals surface area contributed by atoms with Crippen molar-refractivity contribution in [1.82, 2.24) is 4.90 Å². The zero-order valence-corrected chi connectivity index (χ0v) is 9.98. The van der Waals surface area contributed by atoms with E-state index in [4.69, 9.17) is 0 Å². The first kappa shape index (κ1) is 13.5. The van der Waals surface area contributed by atoms with E-state index < -0.39 is 14.2 Å². The molecule has 0 aromatic rings. The number of hydrogen-bond donors (Lipinski definition) is 0. The predicted octanol–water partition coefficient (Wildman–Crippen LogP) is 1.83. The molecule has 0 bridgehead atoms. The van der Waals surface area contributed by atoms with Gasteiger partial charge in [0.25, 0.3) is 8.46 Å². The molecule has 1 fully saturated rings. The summed E-state index contributed by atoms with van der Waals surface area (Å²) in [4.78, 5) is 22.1. The van der Waals surface area contributed by atoms with E-state index in [1.54, 1.807) is 14.4 Å². The van der Waals surface area contributed by atoms with E-state index in [1.807, 2.05) is 7.05 Å². The van der Waals surface area contributed by atoms with Crippen LogP contribution in [0.25, 0.3) is 0 Å². The number of carbonyl (C=O) groups is 2. The van der Waals surface area contributed by atoms with E-state index in [1.165, 1.54) is 6.42 Å². The summed E-state index contributed by atoms with van der Waals surface area (Å²) < 4.78 is 13.2. The molecule has 0 radical (unpaired) electrons. The first-order chi connectivity index (χ1) is 6.61. The first-order valence-electron chi connectivity index (χ1n) is 4.09. The van der Waals surface area contributed by atoms with Gasteiger partial charge in [-0.25, -0.2) is 4.79 Å². The number of amides is 1. The molecule has 80 valence electrons. The second-order valence-electron chi connectivity index (χ2n) is 2.75. The van der Waals surface area contributed by atoms with E-state index in [0.29, 0.717) is 5.91 Å². The molecule has 14 heavy (non-hydrogen) atoms. The van der Waals surface area contributed by atoms with Crippen molar-refractivity contribution in [2.45, 2.75) is 19.3 Å². The molecule has 7 heteroatoms. The molecular formula is C7H13NO4P2. The van der Waals surface area contributed by atoms with E-state index in [9.17, 15) is 14.2 Å². The Balaban J connectivity index is 0.000000255. The molecule has 0 aliphatic carbocycles. The van der Waals surface area contributed by atoms with Crippen molar-refractivity contribution in [2.24, 2.45) is 0 Å². The van der Waals surface area contributed by atoms with Gasteiger partial charge in [-0.2, -0.15) is 0 Å². The molecule has 1 saturated heterocycles. The molecule has 1 aliphatic heterocycles. The van der Waals surface area contributed by atoms with Gasteiger partial charge in [0, 0.05) is 20.0 Å². The fourth-order valence-electron chi connectivity index (χ4n) is 0.962. The summed E-state index contributed by atoms with van der Waals surface area (Å²) in [6.45, 7) is 0.957. The number of rotatable bonds is 1. The van der Waals surface area contributed by atoms with Gasteiger partial charge in [-0.3, -0.25) is 9.36 Å². The van der Waals surface area contributed by atoms with Crippen molar-refractivity contribution in [2.75, 3.05) is 13.6 Å². The molecule has 1 heterocycles. The van der Waals surface area contributed by atoms with E-state index in [0.717, 1.165) is 19.4 Å². The molecule has 1 unspecified atom stereocenters. The van der Waals surface area contributed by atoms with Gasteiger partial charge in [0.15, 0.2) is 0 Å². The Bertz CT molecular complexity index is 222. The van der Waals surface area contributed by atoms with Gasteiger partial charge < -0.3 is 9.42 Å². The number of nitrogens with zero attached hydrogens (tertiary/aromatic N) is 1. The fraction of sp³-hybridized carbons (Fsp3) is 0.714. The van der Waals surface area contributed by atoms with Crippen LogP contribution in [0.3, 0.4) is 0 Å². The lowest BCUT2D eigenvalue weighted by Gasteiger charge is -2.21. The van der Waals surface area contributed by atoms with Crippen LogP contribution in [0.2, 0.25) is 0 Å². The van der Waals surface area contributed by atoms with Crippen molar-refractivity contribution in [3.8, 4) is 0 Å². The minimum absolute atomic E-state index is 0.302. The number of piperidine rings is 1. The average molecular weight is 237 g/mol. The largest absolute Gasteiger partial charge is 0.443 e. The molecule has 5 nitrogen and oxygen atoms in total. The van der Waals surface area contributed by atoms with Crippen molar-refractivity contribution >= 4 is 29.5 Å². The Kier molecular flexibility index (Phi) is 7.54. The van der Waals surface area contributed by atoms with Crippen LogP contribution in [0.5, 0.6) is 0 Å². The van der Waals surface area contributed by atoms with Crippen molar-refractivity contribution < 1.29 is 18.7 Å². The molecule has 1 aliphatic rings. The Morgan fingerprint density at radius 1 is 1.57 bits per heavy atom. The van der Waals surface area contributed by atoms with Crippen molar-refractivity contribution in [3.05, 3.63) is 0 Å². The van der Waals surface area contributed by atoms with Gasteiger partial charge in [0.05, 0.1) is 9.47 Å². The summed E-state index contributed by atoms with van der Waals surface area (Å²) >= 11 is 0. The maximum Gasteiger partial charge on any atom is 0.400 e. The third-order valence-electron chi connectivity index (χ3n) is 1.74. The fourth-order valence-corrected chi connectivity index (χ4v) is 1.13. The highest BCUT2D eigenvalue weighted by molar-refractivity contribution is 7.46. The van der Waals surface area contributed by atoms with Crippen LogP contribution >= 0.6 is 17.9 Å². The monoisotopic (exact) mass is 237 g/mol. The summed E-state index contributed by atoms with van der Waals surface area (Å²) in [5, 5.41) is 0. The van der Waals surface area contributed by atoms with E-state index in [-0.39, 0.29) is 0 Å². The molecule has 0 aromatic heterocycles. The molecule has 0 spiro atoms. The second kappa shape index (κ2) is 7.84. The lowest BCUT2D eigenvalue weighted by Crippen LogP contribution is -2.31. The Morgan fingerprint density at radius 3 is 2.43 bits per heavy atom.